The molecule has 1 fully saturated rings. The molecular weight excluding hydrogens is 1060 g/mol. The van der Waals surface area contributed by atoms with Crippen LogP contribution in [-0.2, 0) is 52.7 Å². The minimum Gasteiger partial charge on any atom is -0.391 e. The van der Waals surface area contributed by atoms with Gasteiger partial charge >= 0.3 is 0 Å². The predicted molar refractivity (Wildman–Crippen MR) is 301 cm³/mol. The number of carbonyl (C=O) groups is 11. The van der Waals surface area contributed by atoms with E-state index >= 15 is 0 Å². The van der Waals surface area contributed by atoms with Crippen molar-refractivity contribution in [3.63, 3.8) is 0 Å². The summed E-state index contributed by atoms with van der Waals surface area (Å²) in [7, 11) is 0. The molecule has 23 N–H and O–H groups in total. The van der Waals surface area contributed by atoms with E-state index in [0.29, 0.717) is 6.42 Å². The van der Waals surface area contributed by atoms with Crippen LogP contribution in [0.25, 0.3) is 0 Å². The van der Waals surface area contributed by atoms with Crippen molar-refractivity contribution in [2.45, 2.75) is 211 Å². The molecule has 11 amide bonds. The molecule has 0 aromatic rings. The first-order valence-electron chi connectivity index (χ1n) is 28.5. The molecule has 0 aromatic heterocycles. The summed E-state index contributed by atoms with van der Waals surface area (Å²) in [6.07, 6.45) is 0.326. The SMILES string of the molecule is CCCCCCCC(=O)N[C@H](CCN)C(=O)N[C@H](C(=O)N[C@@H](CCN)C(=O)N[C@H]1CCNC(=O)[C@H]([C@@H](C)O)NC(=O)[C@H](CCN)NC(=O)[C@H](CCN)NC(=O)[C@H](CC(C)C)NC(=O)[C@@H](CC(C)C)NC(=O)[C@H](CCN)NC1=O)[C@@H](C)O. The largest absolute Gasteiger partial charge is 0.391 e. The van der Waals surface area contributed by atoms with Crippen molar-refractivity contribution in [1.29, 1.82) is 0 Å². The molecule has 1 aliphatic rings. The summed E-state index contributed by atoms with van der Waals surface area (Å²) in [6.45, 7) is 10.5. The molecule has 12 atom stereocenters. The Labute approximate surface area is 475 Å². The van der Waals surface area contributed by atoms with Crippen LogP contribution in [0.1, 0.15) is 138 Å². The summed E-state index contributed by atoms with van der Waals surface area (Å²) in [5.74, 6) is -9.97. The number of nitrogens with two attached hydrogens (primary N) is 5. The summed E-state index contributed by atoms with van der Waals surface area (Å²) in [4.78, 5) is 152. The van der Waals surface area contributed by atoms with Crippen LogP contribution < -0.4 is 87.2 Å². The zero-order valence-corrected chi connectivity index (χ0v) is 48.5. The molecule has 1 heterocycles. The third-order valence-corrected chi connectivity index (χ3v) is 13.1. The van der Waals surface area contributed by atoms with Crippen LogP contribution in [0.3, 0.4) is 0 Å². The van der Waals surface area contributed by atoms with E-state index in [4.69, 9.17) is 28.7 Å². The number of unbranched alkanes of at least 4 members (excludes halogenated alkanes) is 4. The van der Waals surface area contributed by atoms with E-state index in [2.05, 4.69) is 65.4 Å². The van der Waals surface area contributed by atoms with Gasteiger partial charge in [0.15, 0.2) is 0 Å². The van der Waals surface area contributed by atoms with Gasteiger partial charge in [-0.1, -0.05) is 60.3 Å². The zero-order chi connectivity index (χ0) is 61.4. The normalized spacial score (nSPS) is 23.2. The molecule has 0 bridgehead atoms. The van der Waals surface area contributed by atoms with E-state index < -0.39 is 151 Å². The van der Waals surface area contributed by atoms with Crippen LogP contribution in [0.2, 0.25) is 0 Å². The minimum atomic E-state index is -1.69. The summed E-state index contributed by atoms with van der Waals surface area (Å²) in [5.41, 5.74) is 29.2. The van der Waals surface area contributed by atoms with Crippen LogP contribution in [0.15, 0.2) is 0 Å². The predicted octanol–water partition coefficient (Wildman–Crippen LogP) is -5.69. The third-order valence-electron chi connectivity index (χ3n) is 13.1. The van der Waals surface area contributed by atoms with Gasteiger partial charge in [-0.15, -0.1) is 0 Å². The van der Waals surface area contributed by atoms with Crippen molar-refractivity contribution in [1.82, 2.24) is 58.5 Å². The van der Waals surface area contributed by atoms with Crippen molar-refractivity contribution < 1.29 is 63.0 Å². The van der Waals surface area contributed by atoms with Crippen molar-refractivity contribution in [2.75, 3.05) is 39.3 Å². The lowest BCUT2D eigenvalue weighted by Crippen LogP contribution is -2.62. The maximum absolute atomic E-state index is 14.4. The van der Waals surface area contributed by atoms with E-state index in [-0.39, 0.29) is 95.9 Å². The summed E-state index contributed by atoms with van der Waals surface area (Å²) >= 11 is 0. The Morgan fingerprint density at radius 3 is 1.38 bits per heavy atom. The van der Waals surface area contributed by atoms with E-state index in [9.17, 15) is 63.0 Å². The van der Waals surface area contributed by atoms with Crippen molar-refractivity contribution in [3.8, 4) is 0 Å². The van der Waals surface area contributed by atoms with Gasteiger partial charge < -0.3 is 97.4 Å². The Bertz CT molecular complexity index is 2030. The molecule has 1 aliphatic heterocycles. The zero-order valence-electron chi connectivity index (χ0n) is 48.5. The Morgan fingerprint density at radius 2 is 0.951 bits per heavy atom. The highest BCUT2D eigenvalue weighted by molar-refractivity contribution is 5.99. The van der Waals surface area contributed by atoms with E-state index in [0.717, 1.165) is 25.7 Å². The third kappa shape index (κ3) is 27.5. The molecule has 0 radical (unpaired) electrons. The van der Waals surface area contributed by atoms with Crippen LogP contribution >= 0.6 is 0 Å². The topological polar surface area (TPSA) is 491 Å². The number of hydrogen-bond acceptors (Lipinski definition) is 18. The second-order valence-corrected chi connectivity index (χ2v) is 21.4. The van der Waals surface area contributed by atoms with Crippen LogP contribution in [-0.4, -0.2) is 187 Å². The Hall–Kier alpha value is -6.11. The second kappa shape index (κ2) is 39.3. The number of hydrogen-bond donors (Lipinski definition) is 18. The number of amides is 11. The van der Waals surface area contributed by atoms with Gasteiger partial charge in [0.1, 0.15) is 60.4 Å². The standard InChI is InChI=1S/C52H98N16O13/c1-8-9-10-11-12-13-40(71)59-32(14-20-53)47(76)68-42(31(7)70)52(81)64-35(17-23-56)44(73)63-37-19-25-58-51(80)41(30(6)69)67-48(77)36(18-24-57)61-43(72)33(15-21-54)62-49(78)38(26-28(2)3)66-50(79)39(27-29(4)5)65-45(74)34(16-22-55)60-46(37)75/h28-39,41-42,69-70H,8-27,53-57H2,1-7H3,(H,58,80)(H,59,71)(H,60,75)(H,61,72)(H,62,78)(H,63,73)(H,64,81)(H,65,74)(H,66,79)(H,67,77)(H,68,76)/t30-,31-,32-,33+,34+,35+,36+,37+,38+,39-,41+,42+/m1/s1. The lowest BCUT2D eigenvalue weighted by Gasteiger charge is -2.29. The first-order valence-corrected chi connectivity index (χ1v) is 28.5. The number of aliphatic hydroxyl groups excluding tert-OH is 2. The Balaban J connectivity index is 3.83. The highest BCUT2D eigenvalue weighted by Crippen LogP contribution is 2.12. The molecule has 1 rings (SSSR count). The quantitative estimate of drug-likeness (QED) is 0.0310. The fourth-order valence-electron chi connectivity index (χ4n) is 8.67. The van der Waals surface area contributed by atoms with E-state index in [1.165, 1.54) is 13.8 Å². The summed E-state index contributed by atoms with van der Waals surface area (Å²) in [6, 6.07) is -14.5. The van der Waals surface area contributed by atoms with Gasteiger partial charge in [-0.25, -0.2) is 0 Å². The van der Waals surface area contributed by atoms with Crippen LogP contribution in [0.5, 0.6) is 0 Å². The van der Waals surface area contributed by atoms with E-state index in [1.54, 1.807) is 27.7 Å². The molecule has 464 valence electrons. The monoisotopic (exact) mass is 1150 g/mol. The lowest BCUT2D eigenvalue weighted by atomic mass is 9.99. The maximum Gasteiger partial charge on any atom is 0.245 e. The van der Waals surface area contributed by atoms with Gasteiger partial charge in [0, 0.05) is 13.0 Å². The molecule has 29 heteroatoms. The first-order chi connectivity index (χ1) is 38.3. The molecule has 0 aliphatic carbocycles. The average Bonchev–Trinajstić information content (AvgIpc) is 3.40. The molecule has 81 heavy (non-hydrogen) atoms. The maximum atomic E-state index is 14.4. The number of carbonyl (C=O) groups excluding carboxylic acids is 11. The Kier molecular flexibility index (Phi) is 35.4. The molecule has 0 aromatic carbocycles. The first kappa shape index (κ1) is 72.9. The van der Waals surface area contributed by atoms with Crippen LogP contribution in [0.4, 0.5) is 0 Å². The molecule has 29 nitrogen and oxygen atoms in total. The van der Waals surface area contributed by atoms with Gasteiger partial charge in [0.05, 0.1) is 12.2 Å². The lowest BCUT2D eigenvalue weighted by molar-refractivity contribution is -0.137. The molecule has 1 saturated heterocycles. The minimum absolute atomic E-state index is 0.0101. The molecule has 0 spiro atoms. The van der Waals surface area contributed by atoms with Crippen molar-refractivity contribution in [3.05, 3.63) is 0 Å². The molecular formula is C52H98N16O13. The summed E-state index contributed by atoms with van der Waals surface area (Å²) in [5, 5.41) is 49.5. The highest BCUT2D eigenvalue weighted by Gasteiger charge is 2.37. The van der Waals surface area contributed by atoms with Gasteiger partial charge in [-0.3, -0.25) is 52.7 Å². The van der Waals surface area contributed by atoms with Crippen molar-refractivity contribution in [2.24, 2.45) is 40.5 Å². The fourth-order valence-corrected chi connectivity index (χ4v) is 8.67. The fraction of sp³-hybridized carbons (Fsp3) is 0.788. The Morgan fingerprint density at radius 1 is 0.519 bits per heavy atom. The number of rotatable bonds is 29. The van der Waals surface area contributed by atoms with Gasteiger partial charge in [0.25, 0.3) is 0 Å². The van der Waals surface area contributed by atoms with E-state index in [1.807, 2.05) is 0 Å². The second-order valence-electron chi connectivity index (χ2n) is 21.4. The summed E-state index contributed by atoms with van der Waals surface area (Å²) < 4.78 is 0. The molecule has 0 unspecified atom stereocenters. The number of nitrogens with one attached hydrogen (secondary N) is 11. The van der Waals surface area contributed by atoms with Crippen LogP contribution in [0, 0.1) is 11.8 Å². The van der Waals surface area contributed by atoms with Gasteiger partial charge in [-0.05, 0) is 116 Å². The van der Waals surface area contributed by atoms with Gasteiger partial charge in [0.2, 0.25) is 65.0 Å². The van der Waals surface area contributed by atoms with Gasteiger partial charge in [-0.2, -0.15) is 0 Å². The average molecular weight is 1160 g/mol. The number of aliphatic hydroxyl groups is 2. The highest BCUT2D eigenvalue weighted by atomic mass is 16.3. The smallest absolute Gasteiger partial charge is 0.245 e. The molecule has 0 saturated carbocycles. The van der Waals surface area contributed by atoms with Crippen molar-refractivity contribution >= 4 is 65.0 Å².